The van der Waals surface area contributed by atoms with E-state index in [4.69, 9.17) is 0 Å². The number of carbonyl (C=O) groups is 1. The number of aromatic nitrogens is 3. The molecular weight excluding hydrogens is 393 g/mol. The number of rotatable bonds is 2. The van der Waals surface area contributed by atoms with Crippen molar-refractivity contribution in [3.63, 3.8) is 0 Å². The molecule has 0 saturated carbocycles. The fourth-order valence-corrected chi connectivity index (χ4v) is 4.27. The zero-order valence-electron chi connectivity index (χ0n) is 17.0. The summed E-state index contributed by atoms with van der Waals surface area (Å²) in [6, 6.07) is 3.16. The monoisotopic (exact) mass is 415 g/mol. The van der Waals surface area contributed by atoms with Gasteiger partial charge in [-0.05, 0) is 6.07 Å². The normalized spacial score (nSPS) is 16.1. The summed E-state index contributed by atoms with van der Waals surface area (Å²) in [6.45, 7) is 5.72. The van der Waals surface area contributed by atoms with E-state index in [0.717, 1.165) is 0 Å². The number of nitriles is 1. The van der Waals surface area contributed by atoms with Crippen molar-refractivity contribution in [3.8, 4) is 17.3 Å². The summed E-state index contributed by atoms with van der Waals surface area (Å²) in [4.78, 5) is 35.4. The summed E-state index contributed by atoms with van der Waals surface area (Å²) in [5.41, 5.74) is -0.504. The van der Waals surface area contributed by atoms with Gasteiger partial charge in [-0.2, -0.15) is 5.26 Å². The Morgan fingerprint density at radius 2 is 2.10 bits per heavy atom. The molecule has 0 bridgehead atoms. The lowest BCUT2D eigenvalue weighted by molar-refractivity contribution is -0.132. The predicted octanol–water partition coefficient (Wildman–Crippen LogP) is 2.42. The second-order valence-corrected chi connectivity index (χ2v) is 9.18. The molecule has 9 heteroatoms. The van der Waals surface area contributed by atoms with E-state index in [-0.39, 0.29) is 35.2 Å². The van der Waals surface area contributed by atoms with E-state index in [9.17, 15) is 19.2 Å². The number of amides is 1. The van der Waals surface area contributed by atoms with Gasteiger partial charge in [-0.1, -0.05) is 32.5 Å². The van der Waals surface area contributed by atoms with Crippen LogP contribution in [-0.4, -0.2) is 45.2 Å². The first-order chi connectivity index (χ1) is 13.5. The van der Waals surface area contributed by atoms with Crippen LogP contribution in [0.5, 0.6) is 0 Å². The molecule has 3 rings (SSSR count). The number of fused-ring (bicyclic) bond motifs is 1. The van der Waals surface area contributed by atoms with Gasteiger partial charge < -0.3 is 4.90 Å². The van der Waals surface area contributed by atoms with Gasteiger partial charge in [0, 0.05) is 43.6 Å². The molecule has 0 radical (unpaired) electrons. The minimum atomic E-state index is -0.531. The van der Waals surface area contributed by atoms with Crippen molar-refractivity contribution in [3.05, 3.63) is 39.7 Å². The summed E-state index contributed by atoms with van der Waals surface area (Å²) in [6.07, 6.45) is 1.44. The van der Waals surface area contributed by atoms with E-state index in [0.29, 0.717) is 16.6 Å². The van der Waals surface area contributed by atoms with E-state index in [1.165, 1.54) is 33.5 Å². The molecule has 0 aromatic carbocycles. The molecule has 0 fully saturated rings. The molecule has 1 aliphatic rings. The maximum absolute atomic E-state index is 14.6. The van der Waals surface area contributed by atoms with Crippen molar-refractivity contribution in [1.82, 2.24) is 19.4 Å². The molecular formula is C20H22FN5O2S. The van der Waals surface area contributed by atoms with Crippen molar-refractivity contribution in [2.24, 2.45) is 5.92 Å². The van der Waals surface area contributed by atoms with Crippen LogP contribution in [0, 0.1) is 23.1 Å². The van der Waals surface area contributed by atoms with E-state index in [2.05, 4.69) is 9.97 Å². The van der Waals surface area contributed by atoms with E-state index >= 15 is 0 Å². The highest BCUT2D eigenvalue weighted by Crippen LogP contribution is 2.31. The number of pyridine rings is 1. The Balaban J connectivity index is 2.09. The maximum atomic E-state index is 14.6. The Kier molecular flexibility index (Phi) is 5.50. The maximum Gasteiger partial charge on any atom is 0.272 e. The van der Waals surface area contributed by atoms with Gasteiger partial charge in [0.2, 0.25) is 5.91 Å². The molecule has 0 aliphatic carbocycles. The first-order valence-electron chi connectivity index (χ1n) is 9.10. The Morgan fingerprint density at radius 3 is 2.66 bits per heavy atom. The SMILES string of the molecule is CN(C)C(=O)C1CSc2nc(-c3cnc(C(C)(C)C)c(F)c3)c(C#N)c(=O)n2C1. The zero-order valence-corrected chi connectivity index (χ0v) is 17.8. The topological polar surface area (TPSA) is 91.9 Å². The van der Waals surface area contributed by atoms with Gasteiger partial charge in [-0.15, -0.1) is 0 Å². The standard InChI is InChI=1S/C20H22FN5O2S/c1-20(2,3)16-14(21)6-11(8-23-16)15-13(7-22)18(28)26-9-12(17(27)25(4)5)10-29-19(26)24-15/h6,8,12H,9-10H2,1-5H3. The molecule has 0 N–H and O–H groups in total. The van der Waals surface area contributed by atoms with Crippen molar-refractivity contribution in [1.29, 1.82) is 5.26 Å². The molecule has 1 unspecified atom stereocenters. The number of nitrogens with zero attached hydrogens (tertiary/aromatic N) is 5. The number of halogens is 1. The van der Waals surface area contributed by atoms with Crippen LogP contribution < -0.4 is 5.56 Å². The van der Waals surface area contributed by atoms with Gasteiger partial charge in [0.25, 0.3) is 5.56 Å². The fraction of sp³-hybridized carbons (Fsp3) is 0.450. The summed E-state index contributed by atoms with van der Waals surface area (Å²) in [5, 5.41) is 9.99. The molecule has 1 atom stereocenters. The van der Waals surface area contributed by atoms with Crippen LogP contribution >= 0.6 is 11.8 Å². The molecule has 0 saturated heterocycles. The third-order valence-corrected chi connectivity index (χ3v) is 5.82. The third-order valence-electron chi connectivity index (χ3n) is 4.68. The Morgan fingerprint density at radius 1 is 1.41 bits per heavy atom. The van der Waals surface area contributed by atoms with E-state index in [1.54, 1.807) is 14.1 Å². The van der Waals surface area contributed by atoms with Crippen molar-refractivity contribution >= 4 is 17.7 Å². The fourth-order valence-electron chi connectivity index (χ4n) is 3.20. The summed E-state index contributed by atoms with van der Waals surface area (Å²) in [5.74, 6) is -0.487. The van der Waals surface area contributed by atoms with Gasteiger partial charge in [0.15, 0.2) is 5.16 Å². The second-order valence-electron chi connectivity index (χ2n) is 8.19. The molecule has 1 aliphatic heterocycles. The van der Waals surface area contributed by atoms with E-state index < -0.39 is 16.8 Å². The van der Waals surface area contributed by atoms with Crippen LogP contribution in [0.3, 0.4) is 0 Å². The molecule has 1 amide bonds. The highest BCUT2D eigenvalue weighted by atomic mass is 32.2. The van der Waals surface area contributed by atoms with Gasteiger partial charge in [0.05, 0.1) is 17.3 Å². The van der Waals surface area contributed by atoms with Crippen LogP contribution in [0.1, 0.15) is 32.0 Å². The number of carbonyl (C=O) groups excluding carboxylic acids is 1. The summed E-state index contributed by atoms with van der Waals surface area (Å²) >= 11 is 1.28. The molecule has 0 spiro atoms. The van der Waals surface area contributed by atoms with Crippen LogP contribution in [-0.2, 0) is 16.8 Å². The lowest BCUT2D eigenvalue weighted by Gasteiger charge is -2.27. The van der Waals surface area contributed by atoms with Crippen LogP contribution in [0.15, 0.2) is 22.2 Å². The molecule has 2 aromatic heterocycles. The largest absolute Gasteiger partial charge is 0.348 e. The highest BCUT2D eigenvalue weighted by molar-refractivity contribution is 7.99. The van der Waals surface area contributed by atoms with Crippen molar-refractivity contribution in [2.45, 2.75) is 37.9 Å². The molecule has 3 heterocycles. The number of thioether (sulfide) groups is 1. The first-order valence-corrected chi connectivity index (χ1v) is 10.1. The van der Waals surface area contributed by atoms with Gasteiger partial charge in [0.1, 0.15) is 17.4 Å². The zero-order chi connectivity index (χ0) is 21.5. The minimum Gasteiger partial charge on any atom is -0.348 e. The summed E-state index contributed by atoms with van der Waals surface area (Å²) < 4.78 is 16.0. The molecule has 29 heavy (non-hydrogen) atoms. The van der Waals surface area contributed by atoms with Crippen molar-refractivity contribution < 1.29 is 9.18 Å². The second kappa shape index (κ2) is 7.59. The van der Waals surface area contributed by atoms with Gasteiger partial charge in [-0.3, -0.25) is 19.1 Å². The Hall–Kier alpha value is -2.73. The number of hydrogen-bond donors (Lipinski definition) is 0. The molecule has 2 aromatic rings. The number of hydrogen-bond acceptors (Lipinski definition) is 6. The predicted molar refractivity (Wildman–Crippen MR) is 108 cm³/mol. The van der Waals surface area contributed by atoms with Crippen LogP contribution in [0.25, 0.3) is 11.3 Å². The van der Waals surface area contributed by atoms with Crippen molar-refractivity contribution in [2.75, 3.05) is 19.8 Å². The Bertz CT molecular complexity index is 1080. The quantitative estimate of drug-likeness (QED) is 0.700. The summed E-state index contributed by atoms with van der Waals surface area (Å²) in [7, 11) is 3.33. The average molecular weight is 415 g/mol. The lowest BCUT2D eigenvalue weighted by Crippen LogP contribution is -2.40. The van der Waals surface area contributed by atoms with Gasteiger partial charge in [-0.25, -0.2) is 9.37 Å². The third kappa shape index (κ3) is 3.90. The first kappa shape index (κ1) is 21.0. The van der Waals surface area contributed by atoms with Crippen LogP contribution in [0.4, 0.5) is 4.39 Å². The van der Waals surface area contributed by atoms with Gasteiger partial charge >= 0.3 is 0 Å². The highest BCUT2D eigenvalue weighted by Gasteiger charge is 2.30. The average Bonchev–Trinajstić information content (AvgIpc) is 2.65. The lowest BCUT2D eigenvalue weighted by atomic mass is 9.90. The smallest absolute Gasteiger partial charge is 0.272 e. The van der Waals surface area contributed by atoms with E-state index in [1.807, 2.05) is 26.8 Å². The molecule has 152 valence electrons. The van der Waals surface area contributed by atoms with Crippen LogP contribution in [0.2, 0.25) is 0 Å². The minimum absolute atomic E-state index is 0.0818. The Labute approximate surface area is 172 Å². The molecule has 7 nitrogen and oxygen atoms in total.